The number of methoxy groups -OCH3 is 1. The van der Waals surface area contributed by atoms with Crippen molar-refractivity contribution in [3.05, 3.63) is 101 Å². The van der Waals surface area contributed by atoms with E-state index < -0.39 is 0 Å². The first kappa shape index (κ1) is 28.2. The molecule has 0 saturated heterocycles. The largest absolute Gasteiger partial charge is 0.494 e. The first-order valence-electron chi connectivity index (χ1n) is 13.2. The number of anilines is 1. The molecular weight excluding hydrogens is 535 g/mol. The number of hydrogen-bond acceptors (Lipinski definition) is 5. The number of fused-ring (bicyclic) bond motifs is 2. The number of amides is 1. The topological polar surface area (TPSA) is 92.5 Å². The summed E-state index contributed by atoms with van der Waals surface area (Å²) in [6.45, 7) is 9.66. The maximum atomic E-state index is 13.7. The van der Waals surface area contributed by atoms with Crippen LogP contribution in [-0.4, -0.2) is 43.7 Å². The summed E-state index contributed by atoms with van der Waals surface area (Å²) >= 11 is 0. The van der Waals surface area contributed by atoms with E-state index in [4.69, 9.17) is 9.15 Å². The van der Waals surface area contributed by atoms with Crippen molar-refractivity contribution in [2.24, 2.45) is 0 Å². The summed E-state index contributed by atoms with van der Waals surface area (Å²) in [5.74, 6) is 0.0652. The van der Waals surface area contributed by atoms with Gasteiger partial charge in [-0.3, -0.25) is 9.36 Å². The highest BCUT2D eigenvalue weighted by atomic mass is 19.1. The smallest absolute Gasteiger partial charge is 0.331 e. The Bertz CT molecular complexity index is 1970. The highest BCUT2D eigenvalue weighted by Gasteiger charge is 2.25. The molecule has 5 aromatic rings. The second kappa shape index (κ2) is 10.9. The summed E-state index contributed by atoms with van der Waals surface area (Å²) in [5, 5.41) is 3.27. The van der Waals surface area contributed by atoms with Gasteiger partial charge in [0.15, 0.2) is 0 Å². The second-order valence-corrected chi connectivity index (χ2v) is 10.1. The molecule has 0 aliphatic rings. The van der Waals surface area contributed by atoms with Crippen LogP contribution in [0.5, 0.6) is 5.75 Å². The number of carbonyl (C=O) groups excluding carboxylic acids is 1. The molecule has 9 heteroatoms. The van der Waals surface area contributed by atoms with Gasteiger partial charge in [0.1, 0.15) is 28.4 Å². The summed E-state index contributed by atoms with van der Waals surface area (Å²) in [5.41, 5.74) is 5.78. The predicted octanol–water partition coefficient (Wildman–Crippen LogP) is 6.59. The van der Waals surface area contributed by atoms with E-state index in [0.29, 0.717) is 50.3 Å². The van der Waals surface area contributed by atoms with E-state index in [9.17, 15) is 14.0 Å². The van der Waals surface area contributed by atoms with Gasteiger partial charge in [0.2, 0.25) is 0 Å². The molecule has 42 heavy (non-hydrogen) atoms. The Morgan fingerprint density at radius 1 is 1.14 bits per heavy atom. The highest BCUT2D eigenvalue weighted by molar-refractivity contribution is 6.13. The number of benzene rings is 3. The van der Waals surface area contributed by atoms with Crippen LogP contribution in [0.4, 0.5) is 10.1 Å². The second-order valence-electron chi connectivity index (χ2n) is 10.1. The van der Waals surface area contributed by atoms with Crippen LogP contribution in [-0.2, 0) is 0 Å². The molecule has 3 aromatic carbocycles. The molecule has 5 rings (SSSR count). The molecule has 0 atom stereocenters. The van der Waals surface area contributed by atoms with Crippen molar-refractivity contribution in [2.45, 2.75) is 6.92 Å². The Labute approximate surface area is 242 Å². The molecule has 214 valence electrons. The summed E-state index contributed by atoms with van der Waals surface area (Å²) in [7, 11) is 6.89. The van der Waals surface area contributed by atoms with Gasteiger partial charge in [-0.15, -0.1) is 0 Å². The van der Waals surface area contributed by atoms with E-state index in [1.165, 1.54) is 23.8 Å². The molecule has 2 heterocycles. The molecule has 0 radical (unpaired) electrons. The fourth-order valence-electron chi connectivity index (χ4n) is 5.10. The number of nitrogens with zero attached hydrogens (tertiary/aromatic N) is 2. The minimum absolute atomic E-state index is 0.329. The van der Waals surface area contributed by atoms with Crippen molar-refractivity contribution >= 4 is 39.3 Å². The van der Waals surface area contributed by atoms with Crippen molar-refractivity contribution in [3.63, 3.8) is 0 Å². The molecule has 0 unspecified atom stereocenters. The number of furan rings is 1. The molecule has 0 aliphatic carbocycles. The fourth-order valence-corrected chi connectivity index (χ4v) is 5.10. The molecule has 0 bridgehead atoms. The van der Waals surface area contributed by atoms with Gasteiger partial charge >= 0.3 is 5.69 Å². The number of aromatic nitrogens is 2. The lowest BCUT2D eigenvalue weighted by Gasteiger charge is -2.19. The van der Waals surface area contributed by atoms with Gasteiger partial charge in [0, 0.05) is 49.4 Å². The van der Waals surface area contributed by atoms with Crippen LogP contribution in [0.2, 0.25) is 0 Å². The van der Waals surface area contributed by atoms with Crippen LogP contribution in [0, 0.1) is 5.82 Å². The van der Waals surface area contributed by atoms with Crippen LogP contribution < -0.4 is 20.6 Å². The lowest BCUT2D eigenvalue weighted by molar-refractivity contribution is 0.0964. The summed E-state index contributed by atoms with van der Waals surface area (Å²) in [4.78, 5) is 31.2. The van der Waals surface area contributed by atoms with Crippen molar-refractivity contribution in [2.75, 3.05) is 33.2 Å². The van der Waals surface area contributed by atoms with Crippen LogP contribution in [0.1, 0.15) is 17.3 Å². The van der Waals surface area contributed by atoms with Crippen molar-refractivity contribution < 1.29 is 18.3 Å². The van der Waals surface area contributed by atoms with Crippen LogP contribution >= 0.6 is 0 Å². The summed E-state index contributed by atoms with van der Waals surface area (Å²) in [6.07, 6.45) is 3.37. The third kappa shape index (κ3) is 4.79. The average molecular weight is 567 g/mol. The van der Waals surface area contributed by atoms with Gasteiger partial charge in [-0.1, -0.05) is 18.7 Å². The lowest BCUT2D eigenvalue weighted by atomic mass is 9.97. The Hall–Kier alpha value is -5.31. The number of hydrogen-bond donors (Lipinski definition) is 2. The highest BCUT2D eigenvalue weighted by Crippen LogP contribution is 2.42. The normalized spacial score (nSPS) is 11.6. The van der Waals surface area contributed by atoms with Gasteiger partial charge in [0.05, 0.1) is 23.9 Å². The fraction of sp³-hybridized carbons (Fsp3) is 0.152. The number of carbonyl (C=O) groups is 1. The van der Waals surface area contributed by atoms with Gasteiger partial charge in [-0.25, -0.2) is 9.18 Å². The minimum Gasteiger partial charge on any atom is -0.494 e. The van der Waals surface area contributed by atoms with Crippen molar-refractivity contribution in [1.29, 1.82) is 0 Å². The van der Waals surface area contributed by atoms with Gasteiger partial charge < -0.3 is 24.4 Å². The Morgan fingerprint density at radius 3 is 2.45 bits per heavy atom. The molecule has 1 amide bonds. The molecule has 0 fully saturated rings. The molecular formula is C33H31FN4O4. The molecule has 0 spiro atoms. The van der Waals surface area contributed by atoms with E-state index in [0.717, 1.165) is 22.4 Å². The van der Waals surface area contributed by atoms with Crippen LogP contribution in [0.15, 0.2) is 88.6 Å². The minimum atomic E-state index is -0.390. The zero-order valence-corrected chi connectivity index (χ0v) is 24.1. The van der Waals surface area contributed by atoms with E-state index in [1.807, 2.05) is 50.2 Å². The average Bonchev–Trinajstić information content (AvgIpc) is 3.51. The van der Waals surface area contributed by atoms with Gasteiger partial charge in [-0.2, -0.15) is 0 Å². The summed E-state index contributed by atoms with van der Waals surface area (Å²) < 4.78 is 27.2. The quantitative estimate of drug-likeness (QED) is 0.207. The third-order valence-corrected chi connectivity index (χ3v) is 7.00. The van der Waals surface area contributed by atoms with Crippen molar-refractivity contribution in [1.82, 2.24) is 14.9 Å². The number of allylic oxidation sites excluding steroid dienone is 4. The number of nitrogens with one attached hydrogen (secondary N) is 2. The lowest BCUT2D eigenvalue weighted by Crippen LogP contribution is -2.18. The Morgan fingerprint density at radius 2 is 1.86 bits per heavy atom. The van der Waals surface area contributed by atoms with Crippen LogP contribution in [0.3, 0.4) is 0 Å². The van der Waals surface area contributed by atoms with E-state index in [-0.39, 0.29) is 17.4 Å². The number of rotatable bonds is 8. The SMILES string of the molecule is C=CC(=CC(=C)C)n1c(=O)[nH]c2c(OC)cc(-c3cc4c(C(=O)NC)c(-c5ccc(F)cc5)oc4cc3N(C)C)cc21. The maximum Gasteiger partial charge on any atom is 0.331 e. The zero-order chi connectivity index (χ0) is 30.3. The van der Waals surface area contributed by atoms with Crippen molar-refractivity contribution in [3.8, 4) is 28.2 Å². The molecule has 2 N–H and O–H groups in total. The number of H-pyrrole nitrogens is 1. The predicted molar refractivity (Wildman–Crippen MR) is 167 cm³/mol. The molecule has 2 aromatic heterocycles. The van der Waals surface area contributed by atoms with E-state index in [2.05, 4.69) is 23.5 Å². The Kier molecular flexibility index (Phi) is 7.34. The summed E-state index contributed by atoms with van der Waals surface area (Å²) in [6, 6.07) is 13.3. The Balaban J connectivity index is 1.85. The van der Waals surface area contributed by atoms with Crippen LogP contribution in [0.25, 0.3) is 50.2 Å². The standard InChI is InChI=1S/C33H31FN4O4/c1-8-22(13-18(2)3)38-26-14-20(15-28(41-7)30(26)36-33(38)40)23-16-24-27(17-25(23)37(5)6)42-31(29(24)32(39)35-4)19-9-11-21(34)12-10-19/h8-17H,1-2H2,3-7H3,(H,35,39)(H,36,40). The first-order valence-corrected chi connectivity index (χ1v) is 13.2. The first-order chi connectivity index (χ1) is 20.1. The molecule has 8 nitrogen and oxygen atoms in total. The van der Waals surface area contributed by atoms with Gasteiger partial charge in [-0.05, 0) is 67.1 Å². The number of halogens is 1. The molecule has 0 saturated carbocycles. The number of ether oxygens (including phenoxy) is 1. The van der Waals surface area contributed by atoms with E-state index in [1.54, 1.807) is 31.3 Å². The molecule has 0 aliphatic heterocycles. The number of aromatic amines is 1. The maximum absolute atomic E-state index is 13.7. The zero-order valence-electron chi connectivity index (χ0n) is 24.1. The van der Waals surface area contributed by atoms with Gasteiger partial charge in [0.25, 0.3) is 5.91 Å². The monoisotopic (exact) mass is 566 g/mol. The third-order valence-electron chi connectivity index (χ3n) is 7.00. The number of imidazole rings is 1. The van der Waals surface area contributed by atoms with E-state index >= 15 is 0 Å².